The van der Waals surface area contributed by atoms with Crippen LogP contribution in [0.2, 0.25) is 0 Å². The Morgan fingerprint density at radius 1 is 0.966 bits per heavy atom. The van der Waals surface area contributed by atoms with E-state index in [0.29, 0.717) is 22.4 Å². The molecule has 0 aliphatic heterocycles. The third-order valence-corrected chi connectivity index (χ3v) is 4.47. The van der Waals surface area contributed by atoms with Crippen molar-refractivity contribution < 1.29 is 38.1 Å². The molecule has 0 aliphatic rings. The van der Waals surface area contributed by atoms with Gasteiger partial charge in [0.2, 0.25) is 0 Å². The smallest absolute Gasteiger partial charge is 0.317 e. The molecular formula is C20H25NO8. The summed E-state index contributed by atoms with van der Waals surface area (Å²) in [6.07, 6.45) is 0. The van der Waals surface area contributed by atoms with E-state index < -0.39 is 29.6 Å². The molecule has 2 atom stereocenters. The predicted molar refractivity (Wildman–Crippen MR) is 103 cm³/mol. The minimum Gasteiger partial charge on any atom is -0.493 e. The monoisotopic (exact) mass is 407 g/mol. The molecule has 29 heavy (non-hydrogen) atoms. The van der Waals surface area contributed by atoms with E-state index in [1.54, 1.807) is 25.1 Å². The fourth-order valence-corrected chi connectivity index (χ4v) is 3.08. The van der Waals surface area contributed by atoms with Gasteiger partial charge in [-0.05, 0) is 19.1 Å². The van der Waals surface area contributed by atoms with Gasteiger partial charge in [0.25, 0.3) is 0 Å². The number of benzene rings is 1. The summed E-state index contributed by atoms with van der Waals surface area (Å²) < 4.78 is 25.4. The van der Waals surface area contributed by atoms with Crippen LogP contribution < -0.4 is 9.47 Å². The number of ether oxygens (including phenoxy) is 5. The number of hydrogen-bond donors (Lipinski definition) is 1. The maximum atomic E-state index is 13.2. The summed E-state index contributed by atoms with van der Waals surface area (Å²) in [7, 11) is 5.55. The highest BCUT2D eigenvalue weighted by Crippen LogP contribution is 2.33. The molecule has 1 aromatic carbocycles. The first kappa shape index (κ1) is 22.2. The first-order valence-electron chi connectivity index (χ1n) is 8.94. The average Bonchev–Trinajstić information content (AvgIpc) is 3.14. The Morgan fingerprint density at radius 3 is 2.17 bits per heavy atom. The van der Waals surface area contributed by atoms with Gasteiger partial charge >= 0.3 is 11.9 Å². The van der Waals surface area contributed by atoms with Crippen molar-refractivity contribution in [3.05, 3.63) is 23.9 Å². The number of carbonyl (C=O) groups excluding carboxylic acids is 3. The number of rotatable bonds is 10. The van der Waals surface area contributed by atoms with Crippen molar-refractivity contribution in [3.8, 4) is 11.5 Å². The summed E-state index contributed by atoms with van der Waals surface area (Å²) in [5.41, 5.74) is 0.744. The molecule has 0 spiro atoms. The van der Waals surface area contributed by atoms with Crippen molar-refractivity contribution in [2.45, 2.75) is 6.92 Å². The van der Waals surface area contributed by atoms with E-state index >= 15 is 0 Å². The Morgan fingerprint density at radius 2 is 1.62 bits per heavy atom. The van der Waals surface area contributed by atoms with Crippen molar-refractivity contribution in [3.63, 3.8) is 0 Å². The topological polar surface area (TPSA) is 113 Å². The van der Waals surface area contributed by atoms with Crippen LogP contribution in [0.5, 0.6) is 11.5 Å². The van der Waals surface area contributed by atoms with Gasteiger partial charge in [0.1, 0.15) is 11.8 Å². The zero-order valence-corrected chi connectivity index (χ0v) is 17.1. The molecular weight excluding hydrogens is 382 g/mol. The largest absolute Gasteiger partial charge is 0.493 e. The lowest BCUT2D eigenvalue weighted by Gasteiger charge is -2.21. The van der Waals surface area contributed by atoms with E-state index in [2.05, 4.69) is 4.98 Å². The summed E-state index contributed by atoms with van der Waals surface area (Å²) >= 11 is 0. The van der Waals surface area contributed by atoms with E-state index in [1.807, 2.05) is 0 Å². The molecule has 1 N–H and O–H groups in total. The molecule has 0 aliphatic carbocycles. The molecule has 2 unspecified atom stereocenters. The molecule has 2 aromatic rings. The number of fused-ring (bicyclic) bond motifs is 1. The lowest BCUT2D eigenvalue weighted by Crippen LogP contribution is -2.40. The van der Waals surface area contributed by atoms with Crippen LogP contribution in [0.3, 0.4) is 0 Å². The molecule has 0 bridgehead atoms. The van der Waals surface area contributed by atoms with Crippen LogP contribution in [0.1, 0.15) is 17.4 Å². The van der Waals surface area contributed by atoms with Gasteiger partial charge in [-0.1, -0.05) is 0 Å². The number of Topliss-reactive ketones (excluding diaryl/α,β-unsaturated/α-hetero) is 1. The molecule has 0 fully saturated rings. The molecule has 1 aromatic heterocycles. The summed E-state index contributed by atoms with van der Waals surface area (Å²) in [5, 5.41) is 0.676. The zero-order valence-electron chi connectivity index (χ0n) is 17.1. The standard InChI is InChI=1S/C20H25NO8/c1-6-29-20(24)17(12(10-25-2)19(23)28-5)18(22)14-7-11-8-15(26-3)16(27-4)9-13(11)21-14/h7-9,12,17,21H,6,10H2,1-5H3. The zero-order chi connectivity index (χ0) is 21.6. The molecule has 2 rings (SSSR count). The van der Waals surface area contributed by atoms with Gasteiger partial charge in [0.05, 0.1) is 40.2 Å². The van der Waals surface area contributed by atoms with Gasteiger partial charge < -0.3 is 28.7 Å². The minimum atomic E-state index is -1.42. The third kappa shape index (κ3) is 4.68. The van der Waals surface area contributed by atoms with Gasteiger partial charge in [-0.15, -0.1) is 0 Å². The van der Waals surface area contributed by atoms with Gasteiger partial charge in [-0.2, -0.15) is 0 Å². The maximum Gasteiger partial charge on any atom is 0.317 e. The molecule has 0 saturated carbocycles. The summed E-state index contributed by atoms with van der Waals surface area (Å²) in [5.74, 6) is -3.76. The second kappa shape index (κ2) is 9.92. The van der Waals surface area contributed by atoms with Crippen LogP contribution >= 0.6 is 0 Å². The highest BCUT2D eigenvalue weighted by atomic mass is 16.5. The number of methoxy groups -OCH3 is 4. The van der Waals surface area contributed by atoms with E-state index in [-0.39, 0.29) is 18.9 Å². The number of carbonyl (C=O) groups is 3. The van der Waals surface area contributed by atoms with E-state index in [9.17, 15) is 14.4 Å². The molecule has 158 valence electrons. The summed E-state index contributed by atoms with van der Waals surface area (Å²) in [6.45, 7) is 1.50. The van der Waals surface area contributed by atoms with Crippen LogP contribution in [0.4, 0.5) is 0 Å². The first-order valence-corrected chi connectivity index (χ1v) is 8.94. The average molecular weight is 407 g/mol. The normalized spacial score (nSPS) is 12.9. The van der Waals surface area contributed by atoms with Crippen LogP contribution in [0, 0.1) is 11.8 Å². The third-order valence-electron chi connectivity index (χ3n) is 4.47. The van der Waals surface area contributed by atoms with Crippen molar-refractivity contribution in [2.24, 2.45) is 11.8 Å². The van der Waals surface area contributed by atoms with Gasteiger partial charge in [0.15, 0.2) is 17.3 Å². The second-order valence-corrected chi connectivity index (χ2v) is 6.16. The number of aromatic amines is 1. The number of H-pyrrole nitrogens is 1. The molecule has 0 radical (unpaired) electrons. The fourth-order valence-electron chi connectivity index (χ4n) is 3.08. The molecule has 9 nitrogen and oxygen atoms in total. The Balaban J connectivity index is 2.51. The number of nitrogens with one attached hydrogen (secondary N) is 1. The lowest BCUT2D eigenvalue weighted by atomic mass is 9.87. The highest BCUT2D eigenvalue weighted by molar-refractivity contribution is 6.11. The minimum absolute atomic E-state index is 0.0601. The van der Waals surface area contributed by atoms with Crippen LogP contribution in [-0.2, 0) is 23.8 Å². The van der Waals surface area contributed by atoms with Crippen molar-refractivity contribution >= 4 is 28.6 Å². The van der Waals surface area contributed by atoms with E-state index in [4.69, 9.17) is 23.7 Å². The maximum absolute atomic E-state index is 13.2. The second-order valence-electron chi connectivity index (χ2n) is 6.16. The number of aromatic nitrogens is 1. The van der Waals surface area contributed by atoms with Gasteiger partial charge in [-0.3, -0.25) is 14.4 Å². The Hall–Kier alpha value is -3.07. The number of ketones is 1. The highest BCUT2D eigenvalue weighted by Gasteiger charge is 2.42. The summed E-state index contributed by atoms with van der Waals surface area (Å²) in [4.78, 5) is 41.0. The van der Waals surface area contributed by atoms with Crippen molar-refractivity contribution in [1.82, 2.24) is 4.98 Å². The first-order chi connectivity index (χ1) is 13.9. The lowest BCUT2D eigenvalue weighted by molar-refractivity contribution is -0.158. The number of esters is 2. The van der Waals surface area contributed by atoms with E-state index in [0.717, 1.165) is 0 Å². The van der Waals surface area contributed by atoms with Crippen LogP contribution in [0.25, 0.3) is 10.9 Å². The Labute approximate surface area is 168 Å². The SMILES string of the molecule is CCOC(=O)C(C(=O)c1cc2cc(OC)c(OC)cc2[nH]1)C(COC)C(=O)OC. The van der Waals surface area contributed by atoms with Gasteiger partial charge in [0, 0.05) is 24.1 Å². The molecule has 9 heteroatoms. The van der Waals surface area contributed by atoms with Crippen molar-refractivity contribution in [1.29, 1.82) is 0 Å². The summed E-state index contributed by atoms with van der Waals surface area (Å²) in [6, 6.07) is 4.96. The Kier molecular flexibility index (Phi) is 7.60. The molecule has 0 amide bonds. The molecule has 1 heterocycles. The molecule has 0 saturated heterocycles. The van der Waals surface area contributed by atoms with Crippen LogP contribution in [-0.4, -0.2) is 64.4 Å². The van der Waals surface area contributed by atoms with Gasteiger partial charge in [-0.25, -0.2) is 0 Å². The van der Waals surface area contributed by atoms with Crippen LogP contribution in [0.15, 0.2) is 18.2 Å². The van der Waals surface area contributed by atoms with Crippen molar-refractivity contribution in [2.75, 3.05) is 41.7 Å². The fraction of sp³-hybridized carbons (Fsp3) is 0.450. The van der Waals surface area contributed by atoms with E-state index in [1.165, 1.54) is 28.4 Å². The quantitative estimate of drug-likeness (QED) is 0.361. The Bertz CT molecular complexity index is 847. The predicted octanol–water partition coefficient (Wildman–Crippen LogP) is 1.98. The number of hydrogen-bond acceptors (Lipinski definition) is 8.